The van der Waals surface area contributed by atoms with Crippen LogP contribution in [-0.4, -0.2) is 52.9 Å². The minimum absolute atomic E-state index is 0. The third-order valence-corrected chi connectivity index (χ3v) is 20.7. The lowest BCUT2D eigenvalue weighted by Crippen LogP contribution is -3.00. The zero-order valence-corrected chi connectivity index (χ0v) is 44.1. The van der Waals surface area contributed by atoms with Gasteiger partial charge in [-0.1, -0.05) is 133 Å². The summed E-state index contributed by atoms with van der Waals surface area (Å²) in [6.07, 6.45) is 1.72. The number of ether oxygens (including phenoxy) is 6. The highest BCUT2D eigenvalue weighted by Gasteiger charge is 2.47. The van der Waals surface area contributed by atoms with Crippen molar-refractivity contribution in [1.82, 2.24) is 0 Å². The van der Waals surface area contributed by atoms with Gasteiger partial charge >= 0.3 is 0 Å². The van der Waals surface area contributed by atoms with E-state index in [0.717, 1.165) is 12.3 Å². The molecule has 0 aliphatic carbocycles. The Bertz CT molecular complexity index is 2450. The van der Waals surface area contributed by atoms with Crippen LogP contribution >= 0.6 is 14.5 Å². The summed E-state index contributed by atoms with van der Waals surface area (Å²) in [4.78, 5) is 0. The molecule has 0 radical (unpaired) electrons. The number of halogens is 2. The molecule has 348 valence electrons. The van der Waals surface area contributed by atoms with E-state index in [0.29, 0.717) is 75.9 Å². The Labute approximate surface area is 437 Å². The Morgan fingerprint density at radius 2 is 0.529 bits per heavy atom. The fourth-order valence-corrected chi connectivity index (χ4v) is 17.3. The van der Waals surface area contributed by atoms with Crippen molar-refractivity contribution in [2.45, 2.75) is 12.3 Å². The van der Waals surface area contributed by atoms with Gasteiger partial charge in [0, 0.05) is 12.1 Å². The molecular formula is C58H56I2O6P2. The van der Waals surface area contributed by atoms with Crippen LogP contribution in [0.3, 0.4) is 0 Å². The molecule has 1 aliphatic heterocycles. The Morgan fingerprint density at radius 3 is 0.824 bits per heavy atom. The Morgan fingerprint density at radius 1 is 0.265 bits per heavy atom. The predicted octanol–water partition coefficient (Wildman–Crippen LogP) is 3.95. The standard InChI is InChI=1S/C58H56O6P2.2HI/c1-7-19-47(20-8-1)45-65(49-23-11-3-12-24-49,50-25-13-4-14-26-50)53-31-33-55-57(43-53)63-41-37-60-38-42-64-58-44-54(32-34-56(58)62-40-36-59-35-39-61-55)66(51-27-15-5-16-28-51,52-29-17-6-18-30-52)46-48-21-9-2-10-22-48;;/h1-34,43-44H,35-42,45-46H2;2*1H/q+2;;/p-2. The molecule has 6 nitrogen and oxygen atoms in total. The van der Waals surface area contributed by atoms with Gasteiger partial charge in [-0.2, -0.15) is 0 Å². The molecule has 0 spiro atoms. The van der Waals surface area contributed by atoms with Gasteiger partial charge in [-0.3, -0.25) is 0 Å². The summed E-state index contributed by atoms with van der Waals surface area (Å²) in [6, 6.07) is 78.2. The monoisotopic (exact) mass is 1160 g/mol. The first-order valence-electron chi connectivity index (χ1n) is 22.7. The number of hydrogen-bond acceptors (Lipinski definition) is 6. The predicted molar refractivity (Wildman–Crippen MR) is 274 cm³/mol. The highest BCUT2D eigenvalue weighted by Crippen LogP contribution is 2.60. The molecule has 8 aromatic carbocycles. The molecular weight excluding hydrogens is 1110 g/mol. The second-order valence-electron chi connectivity index (χ2n) is 16.1. The Hall–Kier alpha value is -4.80. The summed E-state index contributed by atoms with van der Waals surface area (Å²) < 4.78 is 38.3. The average Bonchev–Trinajstić information content (AvgIpc) is 3.38. The van der Waals surface area contributed by atoms with Crippen LogP contribution in [-0.2, 0) is 21.8 Å². The van der Waals surface area contributed by atoms with Crippen LogP contribution in [0.25, 0.3) is 0 Å². The van der Waals surface area contributed by atoms with Gasteiger partial charge in [0.15, 0.2) is 23.0 Å². The largest absolute Gasteiger partial charge is 1.00 e. The molecule has 0 fully saturated rings. The van der Waals surface area contributed by atoms with Crippen LogP contribution in [0, 0.1) is 0 Å². The van der Waals surface area contributed by atoms with Crippen LogP contribution in [0.15, 0.2) is 218 Å². The molecule has 0 aromatic heterocycles. The molecule has 0 saturated heterocycles. The van der Waals surface area contributed by atoms with Gasteiger partial charge in [0.05, 0.1) is 38.8 Å². The van der Waals surface area contributed by atoms with E-state index in [4.69, 9.17) is 28.4 Å². The van der Waals surface area contributed by atoms with E-state index in [1.165, 1.54) is 43.0 Å². The molecule has 68 heavy (non-hydrogen) atoms. The van der Waals surface area contributed by atoms with Gasteiger partial charge in [0.25, 0.3) is 0 Å². The fraction of sp³-hybridized carbons (Fsp3) is 0.172. The number of rotatable bonds is 10. The SMILES string of the molecule is [I-].[I-].c1ccc(C[P+](c2ccccc2)(c2ccccc2)c2ccc3c(c2)OCCOCCOc2cc([P+](Cc4ccccc4)(c4ccccc4)c4ccccc4)ccc2OCCOCCO3)cc1. The van der Waals surface area contributed by atoms with Crippen LogP contribution < -0.4 is 98.7 Å². The first-order chi connectivity index (χ1) is 32.7. The van der Waals surface area contributed by atoms with E-state index in [2.05, 4.69) is 218 Å². The van der Waals surface area contributed by atoms with Crippen molar-refractivity contribution in [1.29, 1.82) is 0 Å². The minimum Gasteiger partial charge on any atom is -1.00 e. The molecule has 0 amide bonds. The van der Waals surface area contributed by atoms with Crippen molar-refractivity contribution in [2.75, 3.05) is 52.9 Å². The van der Waals surface area contributed by atoms with Crippen LogP contribution in [0.1, 0.15) is 11.1 Å². The van der Waals surface area contributed by atoms with E-state index < -0.39 is 14.5 Å². The zero-order valence-electron chi connectivity index (χ0n) is 38.0. The van der Waals surface area contributed by atoms with E-state index in [1.54, 1.807) is 0 Å². The third-order valence-electron chi connectivity index (χ3n) is 12.0. The summed E-state index contributed by atoms with van der Waals surface area (Å²) >= 11 is 0. The Balaban J connectivity index is 0.00000342. The summed E-state index contributed by atoms with van der Waals surface area (Å²) in [5.41, 5.74) is 2.57. The lowest BCUT2D eigenvalue weighted by atomic mass is 10.2. The van der Waals surface area contributed by atoms with Gasteiger partial charge in [0.1, 0.15) is 72.8 Å². The third kappa shape index (κ3) is 12.1. The average molecular weight is 1160 g/mol. The highest BCUT2D eigenvalue weighted by atomic mass is 127. The van der Waals surface area contributed by atoms with Crippen molar-refractivity contribution in [3.63, 3.8) is 0 Å². The van der Waals surface area contributed by atoms with E-state index >= 15 is 0 Å². The van der Waals surface area contributed by atoms with Gasteiger partial charge in [-0.25, -0.2) is 0 Å². The Kier molecular flexibility index (Phi) is 19.3. The van der Waals surface area contributed by atoms with Gasteiger partial charge < -0.3 is 76.4 Å². The maximum Gasteiger partial charge on any atom is 0.165 e. The van der Waals surface area contributed by atoms with E-state index in [9.17, 15) is 0 Å². The fourth-order valence-electron chi connectivity index (χ4n) is 8.87. The van der Waals surface area contributed by atoms with Crippen LogP contribution in [0.5, 0.6) is 23.0 Å². The lowest BCUT2D eigenvalue weighted by Gasteiger charge is -2.28. The molecule has 1 heterocycles. The number of benzene rings is 8. The van der Waals surface area contributed by atoms with Crippen molar-refractivity contribution < 1.29 is 76.4 Å². The topological polar surface area (TPSA) is 55.4 Å². The minimum atomic E-state index is -2.23. The number of hydrogen-bond donors (Lipinski definition) is 0. The number of fused-ring (bicyclic) bond motifs is 2. The van der Waals surface area contributed by atoms with Crippen molar-refractivity contribution >= 4 is 46.4 Å². The van der Waals surface area contributed by atoms with Gasteiger partial charge in [-0.05, 0) is 83.9 Å². The van der Waals surface area contributed by atoms with Gasteiger partial charge in [-0.15, -0.1) is 0 Å². The highest BCUT2D eigenvalue weighted by molar-refractivity contribution is 7.95. The summed E-state index contributed by atoms with van der Waals surface area (Å²) in [7, 11) is -4.46. The second kappa shape index (κ2) is 25.7. The molecule has 9 rings (SSSR count). The van der Waals surface area contributed by atoms with Crippen LogP contribution in [0.4, 0.5) is 0 Å². The first kappa shape index (κ1) is 51.1. The van der Waals surface area contributed by atoms with Crippen molar-refractivity contribution in [3.05, 3.63) is 230 Å². The molecule has 10 heteroatoms. The van der Waals surface area contributed by atoms with E-state index in [-0.39, 0.29) is 48.0 Å². The summed E-state index contributed by atoms with van der Waals surface area (Å²) in [6.45, 7) is 2.88. The zero-order chi connectivity index (χ0) is 44.7. The smallest absolute Gasteiger partial charge is 0.165 e. The van der Waals surface area contributed by atoms with E-state index in [1.807, 2.05) is 0 Å². The first-order valence-corrected chi connectivity index (χ1v) is 26.7. The molecule has 0 unspecified atom stereocenters. The van der Waals surface area contributed by atoms with Crippen LogP contribution in [0.2, 0.25) is 0 Å². The lowest BCUT2D eigenvalue weighted by molar-refractivity contribution is -0.00100. The van der Waals surface area contributed by atoms with Gasteiger partial charge in [0.2, 0.25) is 0 Å². The quantitative estimate of drug-likeness (QED) is 0.153. The molecule has 0 bridgehead atoms. The normalized spacial score (nSPS) is 13.6. The second-order valence-corrected chi connectivity index (χ2v) is 23.1. The van der Waals surface area contributed by atoms with Crippen molar-refractivity contribution in [2.24, 2.45) is 0 Å². The summed E-state index contributed by atoms with van der Waals surface area (Å²) in [5, 5.41) is 7.64. The maximum absolute atomic E-state index is 6.60. The molecule has 0 saturated carbocycles. The molecule has 1 aliphatic rings. The molecule has 0 N–H and O–H groups in total. The van der Waals surface area contributed by atoms with Crippen molar-refractivity contribution in [3.8, 4) is 23.0 Å². The molecule has 8 aromatic rings. The molecule has 0 atom stereocenters. The maximum atomic E-state index is 6.60. The summed E-state index contributed by atoms with van der Waals surface area (Å²) in [5.74, 6) is 2.70.